The zero-order chi connectivity index (χ0) is 14.8. The minimum Gasteiger partial charge on any atom is -0.495 e. The maximum Gasteiger partial charge on any atom is 0.224 e. The first-order chi connectivity index (χ1) is 9.67. The van der Waals surface area contributed by atoms with Gasteiger partial charge in [0.1, 0.15) is 5.75 Å². The summed E-state index contributed by atoms with van der Waals surface area (Å²) >= 11 is 0. The molecule has 112 valence electrons. The lowest BCUT2D eigenvalue weighted by Crippen LogP contribution is -2.11. The van der Waals surface area contributed by atoms with Crippen molar-refractivity contribution in [3.8, 4) is 5.75 Å². The normalized spacial score (nSPS) is 10.3. The van der Waals surface area contributed by atoms with E-state index in [1.54, 1.807) is 25.3 Å². The lowest BCUT2D eigenvalue weighted by Gasteiger charge is -2.09. The molecule has 0 aliphatic heterocycles. The molecule has 0 saturated carbocycles. The molecule has 1 amide bonds. The Morgan fingerprint density at radius 2 is 1.90 bits per heavy atom. The van der Waals surface area contributed by atoms with E-state index in [2.05, 4.69) is 12.2 Å². The average molecular weight is 278 g/mol. The van der Waals surface area contributed by atoms with E-state index >= 15 is 0 Å². The van der Waals surface area contributed by atoms with E-state index in [0.29, 0.717) is 17.9 Å². The van der Waals surface area contributed by atoms with Gasteiger partial charge in [-0.2, -0.15) is 0 Å². The van der Waals surface area contributed by atoms with Crippen LogP contribution in [0.5, 0.6) is 5.75 Å². The second-order valence-electron chi connectivity index (χ2n) is 5.02. The average Bonchev–Trinajstić information content (AvgIpc) is 2.44. The number of carbonyl (C=O) groups excluding carboxylic acids is 1. The van der Waals surface area contributed by atoms with Gasteiger partial charge in [0.15, 0.2) is 0 Å². The number of unbranched alkanes of at least 4 members (excludes halogenated alkanes) is 5. The van der Waals surface area contributed by atoms with Crippen molar-refractivity contribution >= 4 is 17.3 Å². The number of hydrogen-bond acceptors (Lipinski definition) is 3. The third kappa shape index (κ3) is 5.95. The number of anilines is 2. The van der Waals surface area contributed by atoms with Crippen LogP contribution < -0.4 is 15.8 Å². The summed E-state index contributed by atoms with van der Waals surface area (Å²) in [5.74, 6) is 0.634. The van der Waals surface area contributed by atoms with Crippen LogP contribution in [0.15, 0.2) is 18.2 Å². The zero-order valence-corrected chi connectivity index (χ0v) is 12.6. The third-order valence-electron chi connectivity index (χ3n) is 3.27. The lowest BCUT2D eigenvalue weighted by atomic mass is 10.1. The molecular weight excluding hydrogens is 252 g/mol. The first-order valence-electron chi connectivity index (χ1n) is 7.40. The van der Waals surface area contributed by atoms with Gasteiger partial charge in [-0.3, -0.25) is 4.79 Å². The van der Waals surface area contributed by atoms with E-state index < -0.39 is 0 Å². The number of carbonyl (C=O) groups is 1. The van der Waals surface area contributed by atoms with Crippen molar-refractivity contribution in [3.05, 3.63) is 18.2 Å². The van der Waals surface area contributed by atoms with E-state index in [-0.39, 0.29) is 5.91 Å². The predicted molar refractivity (Wildman–Crippen MR) is 84.0 cm³/mol. The monoisotopic (exact) mass is 278 g/mol. The molecule has 3 N–H and O–H groups in total. The van der Waals surface area contributed by atoms with Crippen molar-refractivity contribution in [1.29, 1.82) is 0 Å². The number of hydrogen-bond donors (Lipinski definition) is 2. The van der Waals surface area contributed by atoms with Crippen LogP contribution in [-0.4, -0.2) is 13.0 Å². The molecule has 0 aromatic heterocycles. The second-order valence-corrected chi connectivity index (χ2v) is 5.02. The summed E-state index contributed by atoms with van der Waals surface area (Å²) in [7, 11) is 1.56. The molecule has 4 nitrogen and oxygen atoms in total. The summed E-state index contributed by atoms with van der Waals surface area (Å²) in [5, 5.41) is 2.87. The molecule has 1 rings (SSSR count). The summed E-state index contributed by atoms with van der Waals surface area (Å²) in [6.07, 6.45) is 7.67. The van der Waals surface area contributed by atoms with Gasteiger partial charge in [0.2, 0.25) is 5.91 Å². The number of nitrogens with two attached hydrogens (primary N) is 1. The highest BCUT2D eigenvalue weighted by atomic mass is 16.5. The van der Waals surface area contributed by atoms with E-state index in [1.165, 1.54) is 25.7 Å². The SMILES string of the molecule is CCCCCCCCC(=O)Nc1ccc(N)c(OC)c1. The summed E-state index contributed by atoms with van der Waals surface area (Å²) in [6, 6.07) is 5.27. The quantitative estimate of drug-likeness (QED) is 0.530. The number of rotatable bonds is 9. The van der Waals surface area contributed by atoms with Crippen molar-refractivity contribution in [2.24, 2.45) is 0 Å². The van der Waals surface area contributed by atoms with Gasteiger partial charge in [0.05, 0.1) is 12.8 Å². The van der Waals surface area contributed by atoms with E-state index in [4.69, 9.17) is 10.5 Å². The fourth-order valence-corrected chi connectivity index (χ4v) is 2.08. The van der Waals surface area contributed by atoms with Crippen LogP contribution in [-0.2, 0) is 4.79 Å². The predicted octanol–water partition coefficient (Wildman–Crippen LogP) is 3.97. The molecule has 0 saturated heterocycles. The lowest BCUT2D eigenvalue weighted by molar-refractivity contribution is -0.116. The van der Waals surface area contributed by atoms with Gasteiger partial charge in [0, 0.05) is 18.2 Å². The van der Waals surface area contributed by atoms with Gasteiger partial charge in [-0.1, -0.05) is 39.0 Å². The van der Waals surface area contributed by atoms with Gasteiger partial charge < -0.3 is 15.8 Å². The van der Waals surface area contributed by atoms with Crippen LogP contribution in [0, 0.1) is 0 Å². The van der Waals surface area contributed by atoms with E-state index in [1.807, 2.05) is 0 Å². The second kappa shape index (κ2) is 9.23. The van der Waals surface area contributed by atoms with Crippen molar-refractivity contribution in [1.82, 2.24) is 0 Å². The number of nitrogens with one attached hydrogen (secondary N) is 1. The van der Waals surface area contributed by atoms with Crippen molar-refractivity contribution in [2.45, 2.75) is 51.9 Å². The zero-order valence-electron chi connectivity index (χ0n) is 12.6. The van der Waals surface area contributed by atoms with Crippen molar-refractivity contribution in [2.75, 3.05) is 18.2 Å². The van der Waals surface area contributed by atoms with Crippen LogP contribution >= 0.6 is 0 Å². The molecular formula is C16H26N2O2. The molecule has 1 aromatic rings. The minimum absolute atomic E-state index is 0.0484. The first-order valence-corrected chi connectivity index (χ1v) is 7.40. The van der Waals surface area contributed by atoms with Gasteiger partial charge in [0.25, 0.3) is 0 Å². The van der Waals surface area contributed by atoms with Crippen LogP contribution in [0.3, 0.4) is 0 Å². The summed E-state index contributed by atoms with van der Waals surface area (Å²) in [5.41, 5.74) is 7.03. The van der Waals surface area contributed by atoms with Crippen LogP contribution in [0.4, 0.5) is 11.4 Å². The van der Waals surface area contributed by atoms with Crippen molar-refractivity contribution in [3.63, 3.8) is 0 Å². The fraction of sp³-hybridized carbons (Fsp3) is 0.562. The number of benzene rings is 1. The van der Waals surface area contributed by atoms with Crippen LogP contribution in [0.1, 0.15) is 51.9 Å². The molecule has 1 aromatic carbocycles. The Morgan fingerprint density at radius 3 is 2.60 bits per heavy atom. The van der Waals surface area contributed by atoms with Gasteiger partial charge in [-0.05, 0) is 18.6 Å². The Balaban J connectivity index is 2.28. The Labute approximate surface area is 121 Å². The van der Waals surface area contributed by atoms with Gasteiger partial charge in [-0.15, -0.1) is 0 Å². The molecule has 0 unspecified atom stereocenters. The Morgan fingerprint density at radius 1 is 1.20 bits per heavy atom. The highest BCUT2D eigenvalue weighted by Gasteiger charge is 2.05. The topological polar surface area (TPSA) is 64.4 Å². The number of ether oxygens (including phenoxy) is 1. The number of methoxy groups -OCH3 is 1. The van der Waals surface area contributed by atoms with E-state index in [0.717, 1.165) is 18.5 Å². The highest BCUT2D eigenvalue weighted by molar-refractivity contribution is 5.91. The third-order valence-corrected chi connectivity index (χ3v) is 3.27. The molecule has 0 fully saturated rings. The van der Waals surface area contributed by atoms with E-state index in [9.17, 15) is 4.79 Å². The first kappa shape index (κ1) is 16.3. The molecule has 0 atom stereocenters. The van der Waals surface area contributed by atoms with Gasteiger partial charge >= 0.3 is 0 Å². The Bertz CT molecular complexity index is 419. The molecule has 0 bridgehead atoms. The Hall–Kier alpha value is -1.71. The molecule has 0 aliphatic carbocycles. The standard InChI is InChI=1S/C16H26N2O2/c1-3-4-5-6-7-8-9-16(19)18-13-10-11-14(17)15(12-13)20-2/h10-12H,3-9,17H2,1-2H3,(H,18,19). The van der Waals surface area contributed by atoms with Crippen LogP contribution in [0.25, 0.3) is 0 Å². The molecule has 20 heavy (non-hydrogen) atoms. The van der Waals surface area contributed by atoms with Crippen LogP contribution in [0.2, 0.25) is 0 Å². The minimum atomic E-state index is 0.0484. The van der Waals surface area contributed by atoms with Gasteiger partial charge in [-0.25, -0.2) is 0 Å². The largest absolute Gasteiger partial charge is 0.495 e. The summed E-state index contributed by atoms with van der Waals surface area (Å²) in [6.45, 7) is 2.20. The maximum absolute atomic E-state index is 11.8. The molecule has 4 heteroatoms. The molecule has 0 aliphatic rings. The summed E-state index contributed by atoms with van der Waals surface area (Å²) in [4.78, 5) is 11.8. The fourth-order valence-electron chi connectivity index (χ4n) is 2.08. The maximum atomic E-state index is 11.8. The smallest absolute Gasteiger partial charge is 0.224 e. The van der Waals surface area contributed by atoms with Crippen molar-refractivity contribution < 1.29 is 9.53 Å². The summed E-state index contributed by atoms with van der Waals surface area (Å²) < 4.78 is 5.13. The number of nitrogen functional groups attached to an aromatic ring is 1. The number of amides is 1. The molecule has 0 heterocycles. The molecule has 0 radical (unpaired) electrons. The highest BCUT2D eigenvalue weighted by Crippen LogP contribution is 2.25. The Kier molecular flexibility index (Phi) is 7.55. The molecule has 0 spiro atoms.